The fraction of sp³-hybridized carbons (Fsp3) is 0.261. The van der Waals surface area contributed by atoms with Gasteiger partial charge in [-0.25, -0.2) is 4.98 Å². The van der Waals surface area contributed by atoms with Crippen LogP contribution in [0.15, 0.2) is 67.1 Å². The van der Waals surface area contributed by atoms with E-state index in [1.54, 1.807) is 18.6 Å². The topological polar surface area (TPSA) is 58.1 Å². The highest BCUT2D eigenvalue weighted by Gasteiger charge is 2.09. The summed E-state index contributed by atoms with van der Waals surface area (Å²) in [6.45, 7) is 5.13. The number of rotatable bonds is 7. The molecule has 5 heteroatoms. The normalized spacial score (nSPS) is 10.7. The van der Waals surface area contributed by atoms with Gasteiger partial charge in [-0.15, -0.1) is 0 Å². The smallest absolute Gasteiger partial charge is 0.257 e. The van der Waals surface area contributed by atoms with E-state index >= 15 is 0 Å². The predicted molar refractivity (Wildman–Crippen MR) is 114 cm³/mol. The molecular weight excluding hydrogens is 348 g/mol. The standard InChI is InChI=1S/C23H26N4O/c1-17(2)19-4-7-21(8-5-19)26-23(28)20-6-9-22(25-16-20)27(3)15-12-18-10-13-24-14-11-18/h4-11,13-14,16-17H,12,15H2,1-3H3,(H,26,28). The molecule has 0 spiro atoms. The summed E-state index contributed by atoms with van der Waals surface area (Å²) in [5.41, 5.74) is 3.81. The number of carbonyl (C=O) groups is 1. The third-order valence-corrected chi connectivity index (χ3v) is 4.72. The van der Waals surface area contributed by atoms with Crippen LogP contribution in [0, 0.1) is 0 Å². The first kappa shape index (κ1) is 19.5. The highest BCUT2D eigenvalue weighted by Crippen LogP contribution is 2.18. The van der Waals surface area contributed by atoms with E-state index < -0.39 is 0 Å². The van der Waals surface area contributed by atoms with Crippen LogP contribution >= 0.6 is 0 Å². The number of pyridine rings is 2. The molecule has 0 saturated heterocycles. The third kappa shape index (κ3) is 5.16. The van der Waals surface area contributed by atoms with Gasteiger partial charge in [0, 0.05) is 37.9 Å². The second-order valence-corrected chi connectivity index (χ2v) is 7.16. The lowest BCUT2D eigenvalue weighted by Gasteiger charge is -2.18. The van der Waals surface area contributed by atoms with Crippen LogP contribution in [-0.4, -0.2) is 29.5 Å². The lowest BCUT2D eigenvalue weighted by Crippen LogP contribution is -2.21. The van der Waals surface area contributed by atoms with Crippen LogP contribution in [0.4, 0.5) is 11.5 Å². The zero-order chi connectivity index (χ0) is 19.9. The number of anilines is 2. The number of hydrogen-bond acceptors (Lipinski definition) is 4. The summed E-state index contributed by atoms with van der Waals surface area (Å²) in [6.07, 6.45) is 6.14. The van der Waals surface area contributed by atoms with Gasteiger partial charge in [0.15, 0.2) is 0 Å². The molecular formula is C23H26N4O. The molecule has 2 aromatic heterocycles. The first-order valence-electron chi connectivity index (χ1n) is 9.50. The van der Waals surface area contributed by atoms with Crippen LogP contribution in [0.1, 0.15) is 41.3 Å². The zero-order valence-corrected chi connectivity index (χ0v) is 16.6. The Bertz CT molecular complexity index is 890. The van der Waals surface area contributed by atoms with E-state index in [2.05, 4.69) is 34.0 Å². The van der Waals surface area contributed by atoms with Crippen molar-refractivity contribution in [2.45, 2.75) is 26.2 Å². The van der Waals surface area contributed by atoms with Crippen molar-refractivity contribution in [1.82, 2.24) is 9.97 Å². The summed E-state index contributed by atoms with van der Waals surface area (Å²) < 4.78 is 0. The van der Waals surface area contributed by atoms with Crippen LogP contribution in [-0.2, 0) is 6.42 Å². The maximum absolute atomic E-state index is 12.5. The molecule has 0 bridgehead atoms. The van der Waals surface area contributed by atoms with E-state index in [9.17, 15) is 4.79 Å². The minimum Gasteiger partial charge on any atom is -0.359 e. The average Bonchev–Trinajstić information content (AvgIpc) is 2.73. The number of amides is 1. The molecule has 0 unspecified atom stereocenters. The van der Waals surface area contributed by atoms with Crippen molar-refractivity contribution in [3.05, 3.63) is 83.8 Å². The monoisotopic (exact) mass is 374 g/mol. The molecule has 3 rings (SSSR count). The zero-order valence-electron chi connectivity index (χ0n) is 16.6. The van der Waals surface area contributed by atoms with Crippen molar-refractivity contribution in [2.24, 2.45) is 0 Å². The highest BCUT2D eigenvalue weighted by molar-refractivity contribution is 6.04. The van der Waals surface area contributed by atoms with E-state index in [1.165, 1.54) is 11.1 Å². The van der Waals surface area contributed by atoms with Crippen molar-refractivity contribution in [3.63, 3.8) is 0 Å². The number of hydrogen-bond donors (Lipinski definition) is 1. The van der Waals surface area contributed by atoms with E-state index in [0.717, 1.165) is 24.5 Å². The van der Waals surface area contributed by atoms with Gasteiger partial charge < -0.3 is 10.2 Å². The lowest BCUT2D eigenvalue weighted by molar-refractivity contribution is 0.102. The van der Waals surface area contributed by atoms with Crippen molar-refractivity contribution >= 4 is 17.4 Å². The summed E-state index contributed by atoms with van der Waals surface area (Å²) in [7, 11) is 2.00. The third-order valence-electron chi connectivity index (χ3n) is 4.72. The molecule has 3 aromatic rings. The van der Waals surface area contributed by atoms with Gasteiger partial charge in [0.2, 0.25) is 0 Å². The minimum atomic E-state index is -0.157. The molecule has 1 aromatic carbocycles. The lowest BCUT2D eigenvalue weighted by atomic mass is 10.0. The Labute approximate surface area is 166 Å². The molecule has 0 fully saturated rings. The Balaban J connectivity index is 1.57. The largest absolute Gasteiger partial charge is 0.359 e. The molecule has 2 heterocycles. The molecule has 1 N–H and O–H groups in total. The van der Waals surface area contributed by atoms with E-state index in [1.807, 2.05) is 55.6 Å². The van der Waals surface area contributed by atoms with Gasteiger partial charge >= 0.3 is 0 Å². The van der Waals surface area contributed by atoms with Gasteiger partial charge in [0.25, 0.3) is 5.91 Å². The van der Waals surface area contributed by atoms with E-state index in [4.69, 9.17) is 0 Å². The first-order chi connectivity index (χ1) is 13.5. The Morgan fingerprint density at radius 3 is 2.36 bits per heavy atom. The van der Waals surface area contributed by atoms with Gasteiger partial charge in [-0.05, 0) is 59.9 Å². The Morgan fingerprint density at radius 1 is 1.04 bits per heavy atom. The molecule has 0 aliphatic carbocycles. The summed E-state index contributed by atoms with van der Waals surface area (Å²) in [6, 6.07) is 15.7. The number of aromatic nitrogens is 2. The maximum atomic E-state index is 12.5. The second kappa shape index (κ2) is 9.13. The number of likely N-dealkylation sites (N-methyl/N-ethyl adjacent to an activating group) is 1. The Morgan fingerprint density at radius 2 is 1.75 bits per heavy atom. The van der Waals surface area contributed by atoms with Gasteiger partial charge in [-0.2, -0.15) is 0 Å². The van der Waals surface area contributed by atoms with Gasteiger partial charge in [-0.1, -0.05) is 26.0 Å². The fourth-order valence-electron chi connectivity index (χ4n) is 2.86. The number of nitrogens with one attached hydrogen (secondary N) is 1. The van der Waals surface area contributed by atoms with Crippen molar-refractivity contribution in [2.75, 3.05) is 23.8 Å². The highest BCUT2D eigenvalue weighted by atomic mass is 16.1. The number of carbonyl (C=O) groups excluding carboxylic acids is 1. The van der Waals surface area contributed by atoms with Crippen molar-refractivity contribution < 1.29 is 4.79 Å². The summed E-state index contributed by atoms with van der Waals surface area (Å²) in [4.78, 5) is 23.0. The predicted octanol–water partition coefficient (Wildman–Crippen LogP) is 4.53. The molecule has 144 valence electrons. The van der Waals surface area contributed by atoms with Gasteiger partial charge in [0.05, 0.1) is 5.56 Å². The fourth-order valence-corrected chi connectivity index (χ4v) is 2.86. The van der Waals surface area contributed by atoms with E-state index in [0.29, 0.717) is 11.5 Å². The quantitative estimate of drug-likeness (QED) is 0.660. The maximum Gasteiger partial charge on any atom is 0.257 e. The van der Waals surface area contributed by atoms with Crippen LogP contribution in [0.2, 0.25) is 0 Å². The Kier molecular flexibility index (Phi) is 6.37. The summed E-state index contributed by atoms with van der Waals surface area (Å²) in [5.74, 6) is 1.15. The van der Waals surface area contributed by atoms with Gasteiger partial charge in [0.1, 0.15) is 5.82 Å². The molecule has 0 atom stereocenters. The second-order valence-electron chi connectivity index (χ2n) is 7.16. The van der Waals surface area contributed by atoms with Crippen LogP contribution in [0.3, 0.4) is 0 Å². The molecule has 28 heavy (non-hydrogen) atoms. The Hall–Kier alpha value is -3.21. The van der Waals surface area contributed by atoms with Crippen LogP contribution in [0.5, 0.6) is 0 Å². The van der Waals surface area contributed by atoms with Crippen LogP contribution < -0.4 is 10.2 Å². The summed E-state index contributed by atoms with van der Waals surface area (Å²) in [5, 5.41) is 2.92. The molecule has 0 radical (unpaired) electrons. The van der Waals surface area contributed by atoms with Crippen molar-refractivity contribution in [3.8, 4) is 0 Å². The molecule has 0 saturated carbocycles. The molecule has 0 aliphatic rings. The van der Waals surface area contributed by atoms with E-state index in [-0.39, 0.29) is 5.91 Å². The molecule has 0 aliphatic heterocycles. The minimum absolute atomic E-state index is 0.157. The molecule has 5 nitrogen and oxygen atoms in total. The van der Waals surface area contributed by atoms with Crippen molar-refractivity contribution in [1.29, 1.82) is 0 Å². The number of benzene rings is 1. The summed E-state index contributed by atoms with van der Waals surface area (Å²) >= 11 is 0. The van der Waals surface area contributed by atoms with Crippen LogP contribution in [0.25, 0.3) is 0 Å². The average molecular weight is 374 g/mol. The van der Waals surface area contributed by atoms with Gasteiger partial charge in [-0.3, -0.25) is 9.78 Å². The first-order valence-corrected chi connectivity index (χ1v) is 9.50. The number of nitrogens with zero attached hydrogens (tertiary/aromatic N) is 3. The SMILES string of the molecule is CC(C)c1ccc(NC(=O)c2ccc(N(C)CCc3ccncc3)nc2)cc1. The molecule has 1 amide bonds.